The van der Waals surface area contributed by atoms with Crippen LogP contribution >= 0.6 is 0 Å². The summed E-state index contributed by atoms with van der Waals surface area (Å²) in [4.78, 5) is 28.5. The van der Waals surface area contributed by atoms with Gasteiger partial charge in [-0.05, 0) is 85.7 Å². The van der Waals surface area contributed by atoms with Crippen molar-refractivity contribution in [2.75, 3.05) is 32.8 Å². The number of nitrogens with one attached hydrogen (secondary N) is 2. The number of carbonyl (C=O) groups excluding carboxylic acids is 2. The van der Waals surface area contributed by atoms with E-state index in [2.05, 4.69) is 10.6 Å². The van der Waals surface area contributed by atoms with E-state index in [4.69, 9.17) is 4.74 Å². The molecule has 3 N–H and O–H groups in total. The number of halogens is 5. The van der Waals surface area contributed by atoms with E-state index in [9.17, 15) is 36.6 Å². The molecule has 0 bridgehead atoms. The van der Waals surface area contributed by atoms with Crippen molar-refractivity contribution in [1.82, 2.24) is 15.5 Å². The predicted molar refractivity (Wildman–Crippen MR) is 160 cm³/mol. The van der Waals surface area contributed by atoms with E-state index in [-0.39, 0.29) is 30.0 Å². The first-order valence-corrected chi connectivity index (χ1v) is 15.3. The number of ether oxygens (including phenoxy) is 1. The third kappa shape index (κ3) is 7.73. The molecule has 7 nitrogen and oxygen atoms in total. The normalized spacial score (nSPS) is 16.9. The van der Waals surface area contributed by atoms with Gasteiger partial charge in [0, 0.05) is 49.0 Å². The molecule has 0 unspecified atom stereocenters. The highest BCUT2D eigenvalue weighted by molar-refractivity contribution is 6.03. The summed E-state index contributed by atoms with van der Waals surface area (Å²) in [6.45, 7) is 3.46. The Bertz CT molecular complexity index is 1560. The summed E-state index contributed by atoms with van der Waals surface area (Å²) < 4.78 is 73.5. The Labute approximate surface area is 263 Å². The van der Waals surface area contributed by atoms with Crippen LogP contribution in [0.1, 0.15) is 62.7 Å². The van der Waals surface area contributed by atoms with Crippen LogP contribution in [0.25, 0.3) is 0 Å². The summed E-state index contributed by atoms with van der Waals surface area (Å²) in [5.41, 5.74) is 0.247. The number of benzene rings is 3. The van der Waals surface area contributed by atoms with Gasteiger partial charge < -0.3 is 25.4 Å². The smallest absolute Gasteiger partial charge is 0.390 e. The van der Waals surface area contributed by atoms with Crippen molar-refractivity contribution in [2.24, 2.45) is 0 Å². The van der Waals surface area contributed by atoms with E-state index in [1.807, 2.05) is 6.92 Å². The summed E-state index contributed by atoms with van der Waals surface area (Å²) in [6.07, 6.45) is -4.45. The molecule has 1 aliphatic heterocycles. The zero-order valence-electron chi connectivity index (χ0n) is 25.3. The maximum absolute atomic E-state index is 14.1. The molecule has 46 heavy (non-hydrogen) atoms. The van der Waals surface area contributed by atoms with Crippen LogP contribution in [0.4, 0.5) is 22.0 Å². The Morgan fingerprint density at radius 1 is 1.07 bits per heavy atom. The van der Waals surface area contributed by atoms with E-state index in [1.54, 1.807) is 29.2 Å². The van der Waals surface area contributed by atoms with Crippen molar-refractivity contribution in [3.8, 4) is 0 Å². The third-order valence-electron chi connectivity index (χ3n) is 8.58. The van der Waals surface area contributed by atoms with Gasteiger partial charge in [0.15, 0.2) is 0 Å². The van der Waals surface area contributed by atoms with Gasteiger partial charge >= 0.3 is 6.18 Å². The molecule has 0 radical (unpaired) electrons. The average Bonchev–Trinajstić information content (AvgIpc) is 3.81. The lowest BCUT2D eigenvalue weighted by atomic mass is 9.92. The van der Waals surface area contributed by atoms with Gasteiger partial charge in [-0.1, -0.05) is 18.2 Å². The second kappa shape index (κ2) is 13.9. The lowest BCUT2D eigenvalue weighted by molar-refractivity contribution is -0.137. The van der Waals surface area contributed by atoms with Crippen LogP contribution in [-0.2, 0) is 29.3 Å². The van der Waals surface area contributed by atoms with Crippen LogP contribution in [0.5, 0.6) is 0 Å². The Kier molecular flexibility index (Phi) is 10.1. The summed E-state index contributed by atoms with van der Waals surface area (Å²) >= 11 is 0. The van der Waals surface area contributed by atoms with E-state index in [0.717, 1.165) is 24.3 Å². The fourth-order valence-corrected chi connectivity index (χ4v) is 5.96. The molecule has 0 aromatic heterocycles. The molecule has 3 aromatic rings. The van der Waals surface area contributed by atoms with Crippen LogP contribution < -0.4 is 10.6 Å². The second-order valence-corrected chi connectivity index (χ2v) is 11.7. The molecule has 1 aliphatic carbocycles. The summed E-state index contributed by atoms with van der Waals surface area (Å²) in [7, 11) is 0. The summed E-state index contributed by atoms with van der Waals surface area (Å²) in [5, 5.41) is 17.3. The first kappa shape index (κ1) is 33.5. The van der Waals surface area contributed by atoms with Crippen LogP contribution in [0.15, 0.2) is 60.7 Å². The average molecular weight is 646 g/mol. The molecular formula is C34H36F5N3O4. The van der Waals surface area contributed by atoms with E-state index in [0.29, 0.717) is 68.3 Å². The van der Waals surface area contributed by atoms with Crippen molar-refractivity contribution < 1.29 is 41.4 Å². The maximum Gasteiger partial charge on any atom is 0.416 e. The molecule has 2 atom stereocenters. The van der Waals surface area contributed by atoms with Gasteiger partial charge in [0.05, 0.1) is 24.3 Å². The highest BCUT2D eigenvalue weighted by atomic mass is 19.4. The Morgan fingerprint density at radius 3 is 2.46 bits per heavy atom. The van der Waals surface area contributed by atoms with Gasteiger partial charge in [0.1, 0.15) is 11.6 Å². The number of hydrogen-bond acceptors (Lipinski definition) is 5. The first-order valence-electron chi connectivity index (χ1n) is 15.3. The van der Waals surface area contributed by atoms with Crippen molar-refractivity contribution in [2.45, 2.75) is 56.5 Å². The molecule has 2 aliphatic rings. The fourth-order valence-electron chi connectivity index (χ4n) is 5.96. The molecule has 1 fully saturated rings. The molecule has 1 heterocycles. The molecular weight excluding hydrogens is 609 g/mol. The topological polar surface area (TPSA) is 90.9 Å². The van der Waals surface area contributed by atoms with Gasteiger partial charge in [0.25, 0.3) is 11.8 Å². The minimum atomic E-state index is -4.51. The fraction of sp³-hybridized carbons (Fsp3) is 0.412. The lowest BCUT2D eigenvalue weighted by Gasteiger charge is -2.30. The monoisotopic (exact) mass is 645 g/mol. The van der Waals surface area contributed by atoms with Crippen molar-refractivity contribution >= 4 is 11.8 Å². The third-order valence-corrected chi connectivity index (χ3v) is 8.58. The number of nitrogens with zero attached hydrogens (tertiary/aromatic N) is 1. The number of amides is 2. The number of alkyl halides is 3. The number of carbonyl (C=O) groups is 2. The van der Waals surface area contributed by atoms with Crippen LogP contribution in [-0.4, -0.2) is 66.8 Å². The van der Waals surface area contributed by atoms with Gasteiger partial charge in [0.2, 0.25) is 0 Å². The van der Waals surface area contributed by atoms with Crippen molar-refractivity contribution in [3.05, 3.63) is 106 Å². The number of aliphatic hydroxyl groups excluding tert-OH is 1. The SMILES string of the molecule is CCOCCN1CCc2c(C(=O)N[C@@H](Cc3cc(F)cc(F)c3)[C@H](O)CNC3(c4cccc(C(F)(F)F)c4)CC3)cccc2C1=O. The predicted octanol–water partition coefficient (Wildman–Crippen LogP) is 5.00. The lowest BCUT2D eigenvalue weighted by Crippen LogP contribution is -2.50. The molecule has 3 aromatic carbocycles. The van der Waals surface area contributed by atoms with E-state index < -0.39 is 47.0 Å². The number of aliphatic hydroxyl groups is 1. The minimum absolute atomic E-state index is 0.126. The summed E-state index contributed by atoms with van der Waals surface area (Å²) in [5.74, 6) is -2.44. The molecule has 2 amide bonds. The van der Waals surface area contributed by atoms with Crippen LogP contribution in [0, 0.1) is 11.6 Å². The van der Waals surface area contributed by atoms with Crippen molar-refractivity contribution in [3.63, 3.8) is 0 Å². The Morgan fingerprint density at radius 2 is 1.78 bits per heavy atom. The van der Waals surface area contributed by atoms with Crippen molar-refractivity contribution in [1.29, 1.82) is 0 Å². The molecule has 5 rings (SSSR count). The van der Waals surface area contributed by atoms with E-state index >= 15 is 0 Å². The van der Waals surface area contributed by atoms with Crippen LogP contribution in [0.3, 0.4) is 0 Å². The number of rotatable bonds is 13. The standard InChI is InChI=1S/C34H36F5N3O4/c1-2-46-14-13-42-12-9-26-27(7-4-8-28(26)32(42)45)31(44)41-29(17-21-15-24(35)19-25(36)16-21)30(43)20-40-33(10-11-33)22-5-3-6-23(18-22)34(37,38)39/h3-8,15-16,18-19,29-30,40,43H,2,9-14,17,20H2,1H3,(H,41,44)/t29-,30+/m0/s1. The quantitative estimate of drug-likeness (QED) is 0.180. The first-order chi connectivity index (χ1) is 21.9. The summed E-state index contributed by atoms with van der Waals surface area (Å²) in [6, 6.07) is 11.7. The molecule has 12 heteroatoms. The minimum Gasteiger partial charge on any atom is -0.390 e. The molecule has 0 spiro atoms. The number of fused-ring (bicyclic) bond motifs is 1. The highest BCUT2D eigenvalue weighted by Gasteiger charge is 2.45. The van der Waals surface area contributed by atoms with Gasteiger partial charge in [-0.2, -0.15) is 13.2 Å². The van der Waals surface area contributed by atoms with Gasteiger partial charge in [-0.25, -0.2) is 8.78 Å². The zero-order chi connectivity index (χ0) is 33.1. The van der Waals surface area contributed by atoms with Crippen LogP contribution in [0.2, 0.25) is 0 Å². The van der Waals surface area contributed by atoms with Gasteiger partial charge in [-0.15, -0.1) is 0 Å². The maximum atomic E-state index is 14.1. The Balaban J connectivity index is 1.35. The van der Waals surface area contributed by atoms with E-state index in [1.165, 1.54) is 6.07 Å². The molecule has 0 saturated heterocycles. The zero-order valence-corrected chi connectivity index (χ0v) is 25.3. The highest BCUT2D eigenvalue weighted by Crippen LogP contribution is 2.46. The largest absolute Gasteiger partial charge is 0.416 e. The second-order valence-electron chi connectivity index (χ2n) is 11.7. The molecule has 1 saturated carbocycles. The number of hydrogen-bond donors (Lipinski definition) is 3. The van der Waals surface area contributed by atoms with Gasteiger partial charge in [-0.3, -0.25) is 9.59 Å². The Hall–Kier alpha value is -3.87. The molecule has 246 valence electrons.